The third kappa shape index (κ3) is 8.46. The van der Waals surface area contributed by atoms with Crippen molar-refractivity contribution in [2.24, 2.45) is 89.3 Å². The Balaban J connectivity index is 0.692. The maximum absolute atomic E-state index is 8.79. The minimum Gasteiger partial charge on any atom is -0.326 e. The van der Waals surface area contributed by atoms with E-state index in [9.17, 15) is 0 Å². The van der Waals surface area contributed by atoms with Crippen LogP contribution >= 0.6 is 0 Å². The van der Waals surface area contributed by atoms with Crippen LogP contribution in [0.5, 0.6) is 0 Å². The van der Waals surface area contributed by atoms with Crippen LogP contribution in [-0.4, -0.2) is 35.2 Å². The van der Waals surface area contributed by atoms with Crippen molar-refractivity contribution in [3.8, 4) is 0 Å². The van der Waals surface area contributed by atoms with E-state index in [0.29, 0.717) is 60.4 Å². The van der Waals surface area contributed by atoms with Gasteiger partial charge in [0.2, 0.25) is 0 Å². The van der Waals surface area contributed by atoms with Crippen molar-refractivity contribution < 1.29 is 0 Å². The molecule has 0 radical (unpaired) electrons. The highest BCUT2D eigenvalue weighted by atomic mass is 15.1. The third-order valence-electron chi connectivity index (χ3n) is 25.4. The molecule has 16 rings (SSSR count). The Morgan fingerprint density at radius 1 is 0.412 bits per heavy atom. The molecule has 0 spiro atoms. The van der Waals surface area contributed by atoms with Gasteiger partial charge in [-0.1, -0.05) is 107 Å². The van der Waals surface area contributed by atoms with E-state index in [1.54, 1.807) is 0 Å². The van der Waals surface area contributed by atoms with Gasteiger partial charge in [0.1, 0.15) is 0 Å². The molecule has 4 nitrogen and oxygen atoms in total. The van der Waals surface area contributed by atoms with Crippen molar-refractivity contribution in [2.45, 2.75) is 315 Å². The number of nitrogens with two attached hydrogens (primary N) is 2. The molecule has 16 bridgehead atoms. The molecule has 0 aromatic rings. The molecule has 0 aromatic carbocycles. The lowest BCUT2D eigenvalue weighted by Crippen LogP contribution is -2.77. The highest BCUT2D eigenvalue weighted by Crippen LogP contribution is 2.82. The summed E-state index contributed by atoms with van der Waals surface area (Å²) in [7, 11) is 0. The van der Waals surface area contributed by atoms with Crippen molar-refractivity contribution >= 4 is 0 Å². The molecule has 6 unspecified atom stereocenters. The number of hydrogen-bond donors (Lipinski definition) is 4. The zero-order valence-electron chi connectivity index (χ0n) is 46.3. The van der Waals surface area contributed by atoms with Gasteiger partial charge in [-0.25, -0.2) is 0 Å². The second-order valence-corrected chi connectivity index (χ2v) is 34.5. The Morgan fingerprint density at radius 2 is 0.779 bits per heavy atom. The summed E-state index contributed by atoms with van der Waals surface area (Å²) in [6.07, 6.45) is 50.8. The highest BCUT2D eigenvalue weighted by Gasteiger charge is 2.76. The summed E-state index contributed by atoms with van der Waals surface area (Å²) < 4.78 is 0. The van der Waals surface area contributed by atoms with Crippen LogP contribution in [0.2, 0.25) is 0 Å². The third-order valence-corrected chi connectivity index (χ3v) is 25.4. The first-order valence-corrected chi connectivity index (χ1v) is 30.9. The largest absolute Gasteiger partial charge is 0.326 e. The fourth-order valence-electron chi connectivity index (χ4n) is 27.9. The molecule has 6 atom stereocenters. The van der Waals surface area contributed by atoms with Crippen molar-refractivity contribution in [3.63, 3.8) is 0 Å². The normalized spacial score (nSPS) is 54.8. The fraction of sp³-hybridized carbons (Fsp3) is 1.00. The van der Waals surface area contributed by atoms with Gasteiger partial charge in [0.05, 0.1) is 0 Å². The van der Waals surface area contributed by atoms with Gasteiger partial charge in [0.25, 0.3) is 0 Å². The van der Waals surface area contributed by atoms with Crippen LogP contribution in [0.15, 0.2) is 0 Å². The summed E-state index contributed by atoms with van der Waals surface area (Å²) in [5, 5.41) is 8.77. The minimum absolute atomic E-state index is 0.0874. The second-order valence-electron chi connectivity index (χ2n) is 34.5. The van der Waals surface area contributed by atoms with E-state index in [4.69, 9.17) is 11.5 Å². The molecule has 386 valence electrons. The Bertz CT molecular complexity index is 1710. The van der Waals surface area contributed by atoms with Crippen LogP contribution in [0.4, 0.5) is 0 Å². The number of rotatable bonds is 21. The lowest BCUT2D eigenvalue weighted by Gasteiger charge is -2.79. The van der Waals surface area contributed by atoms with Crippen molar-refractivity contribution in [2.75, 3.05) is 6.54 Å². The first kappa shape index (κ1) is 48.8. The molecule has 6 N–H and O–H groups in total. The quantitative estimate of drug-likeness (QED) is 0.0865. The summed E-state index contributed by atoms with van der Waals surface area (Å²) in [6.45, 7) is 22.9. The average Bonchev–Trinajstić information content (AvgIpc) is 3.14. The molecule has 16 aliphatic rings. The molecule has 0 heterocycles. The van der Waals surface area contributed by atoms with Gasteiger partial charge in [-0.2, -0.15) is 0 Å². The molecule has 16 saturated carbocycles. The van der Waals surface area contributed by atoms with Gasteiger partial charge in [0.15, 0.2) is 0 Å². The Hall–Kier alpha value is -0.160. The summed E-state index contributed by atoms with van der Waals surface area (Å²) in [5.74, 6) is 3.93. The Kier molecular flexibility index (Phi) is 11.4. The monoisotopic (exact) mass is 935 g/mol. The number of unbranched alkanes of at least 4 members (excludes halogenated alkanes) is 7. The van der Waals surface area contributed by atoms with Gasteiger partial charge in [0, 0.05) is 28.7 Å². The molecule has 4 heteroatoms. The summed E-state index contributed by atoms with van der Waals surface area (Å²) in [5.41, 5.74) is 21.7. The zero-order chi connectivity index (χ0) is 47.5. The predicted molar refractivity (Wildman–Crippen MR) is 285 cm³/mol. The highest BCUT2D eigenvalue weighted by molar-refractivity contribution is 5.29. The molecular formula is C64H110N4. The second kappa shape index (κ2) is 15.9. The molecule has 0 amide bonds. The van der Waals surface area contributed by atoms with Crippen LogP contribution in [-0.2, 0) is 0 Å². The Morgan fingerprint density at radius 3 is 1.21 bits per heavy atom. The molecule has 16 fully saturated rings. The van der Waals surface area contributed by atoms with E-state index >= 15 is 0 Å². The molecular weight excluding hydrogens is 825 g/mol. The SMILES string of the molecule is CC12CC3CC(C1)CC(NCCCCCCCCCC(NC14CC5CC(CC(C)(C5)C1)C4)C(N)CCCCC(N)(C14CC5(C)CC(C)(CC(C)(C5)C1)C4)C14CC5(C)CC(C)(CC(C)(C5)C1)C4)(C3)C2. The summed E-state index contributed by atoms with van der Waals surface area (Å²) >= 11 is 0. The average molecular weight is 936 g/mol. The van der Waals surface area contributed by atoms with Gasteiger partial charge >= 0.3 is 0 Å². The van der Waals surface area contributed by atoms with Crippen molar-refractivity contribution in [1.29, 1.82) is 0 Å². The summed E-state index contributed by atoms with van der Waals surface area (Å²) in [4.78, 5) is 0. The van der Waals surface area contributed by atoms with Crippen LogP contribution in [0.3, 0.4) is 0 Å². The zero-order valence-corrected chi connectivity index (χ0v) is 46.3. The van der Waals surface area contributed by atoms with Gasteiger partial charge in [-0.15, -0.1) is 0 Å². The lowest BCUT2D eigenvalue weighted by atomic mass is 9.27. The van der Waals surface area contributed by atoms with E-state index < -0.39 is 0 Å². The molecule has 68 heavy (non-hydrogen) atoms. The Labute approximate surface area is 419 Å². The van der Waals surface area contributed by atoms with Crippen LogP contribution < -0.4 is 22.1 Å². The van der Waals surface area contributed by atoms with Gasteiger partial charge in [-0.3, -0.25) is 0 Å². The standard InChI is InChI=1S/C64H110N4/c1-52-24-46-22-47(25-52)29-62(28-46,44-52)67-21-17-13-11-9-10-12-14-19-51(68-63-30-48-23-49(31-63)27-53(2,26-48)45-63)50(65)18-15-16-20-64(66,60-38-54(3)32-55(4,39-60)34-56(5,33-54)40-60)61-41-57(6)35-58(7,42-61)37-59(8,36-57)43-61/h46-51,67-68H,9-45,65-66H2,1-8H3. The molecule has 0 aromatic heterocycles. The van der Waals surface area contributed by atoms with E-state index in [2.05, 4.69) is 66.0 Å². The van der Waals surface area contributed by atoms with Crippen molar-refractivity contribution in [1.82, 2.24) is 10.6 Å². The van der Waals surface area contributed by atoms with E-state index in [1.165, 1.54) is 238 Å². The van der Waals surface area contributed by atoms with Crippen LogP contribution in [0.25, 0.3) is 0 Å². The maximum Gasteiger partial charge on any atom is 0.0269 e. The maximum atomic E-state index is 8.79. The molecule has 16 aliphatic carbocycles. The summed E-state index contributed by atoms with van der Waals surface area (Å²) in [6, 6.07) is 0.709. The van der Waals surface area contributed by atoms with E-state index in [1.807, 2.05) is 0 Å². The fourth-order valence-corrected chi connectivity index (χ4v) is 27.9. The molecule has 0 aliphatic heterocycles. The van der Waals surface area contributed by atoms with Gasteiger partial charge in [-0.05, 0) is 264 Å². The first-order valence-electron chi connectivity index (χ1n) is 30.9. The number of nitrogens with one attached hydrogen (secondary N) is 2. The van der Waals surface area contributed by atoms with E-state index in [0.717, 1.165) is 23.7 Å². The predicted octanol–water partition coefficient (Wildman–Crippen LogP) is 15.7. The number of hydrogen-bond acceptors (Lipinski definition) is 4. The van der Waals surface area contributed by atoms with E-state index in [-0.39, 0.29) is 22.4 Å². The van der Waals surface area contributed by atoms with Crippen LogP contribution in [0.1, 0.15) is 287 Å². The topological polar surface area (TPSA) is 76.1 Å². The van der Waals surface area contributed by atoms with Crippen molar-refractivity contribution in [3.05, 3.63) is 0 Å². The minimum atomic E-state index is -0.0874. The first-order chi connectivity index (χ1) is 31.8. The van der Waals surface area contributed by atoms with Gasteiger partial charge < -0.3 is 22.1 Å². The lowest BCUT2D eigenvalue weighted by molar-refractivity contribution is -0.272. The molecule has 0 saturated heterocycles. The van der Waals surface area contributed by atoms with Crippen LogP contribution in [0, 0.1) is 77.8 Å². The smallest absolute Gasteiger partial charge is 0.0269 e.